The molecule has 0 amide bonds. The average Bonchev–Trinajstić information content (AvgIpc) is 3.93. The van der Waals surface area contributed by atoms with Crippen molar-refractivity contribution in [3.8, 4) is 33.4 Å². The highest BCUT2D eigenvalue weighted by Gasteiger charge is 2.38. The van der Waals surface area contributed by atoms with Crippen LogP contribution in [0, 0.1) is 0 Å². The number of hydrogen-bond acceptors (Lipinski definition) is 2. The predicted octanol–water partition coefficient (Wildman–Crippen LogP) is 17.9. The Morgan fingerprint density at radius 2 is 0.818 bits per heavy atom. The molecule has 0 radical (unpaired) electrons. The molecule has 0 saturated heterocycles. The lowest BCUT2D eigenvalue weighted by Gasteiger charge is -2.29. The smallest absolute Gasteiger partial charge is 0.159 e. The molecule has 2 nitrogen and oxygen atoms in total. The summed E-state index contributed by atoms with van der Waals surface area (Å²) >= 11 is 0. The van der Waals surface area contributed by atoms with Gasteiger partial charge in [-0.3, -0.25) is 0 Å². The van der Waals surface area contributed by atoms with Gasteiger partial charge >= 0.3 is 0 Å². The highest BCUT2D eigenvalue weighted by Crippen LogP contribution is 2.54. The molecule has 2 aliphatic rings. The molecule has 14 rings (SSSR count). The normalized spacial score (nSPS) is 14.3. The first-order chi connectivity index (χ1) is 32.3. The van der Waals surface area contributed by atoms with E-state index in [0.29, 0.717) is 0 Å². The van der Waals surface area contributed by atoms with Gasteiger partial charge in [0.1, 0.15) is 5.58 Å². The summed E-state index contributed by atoms with van der Waals surface area (Å²) in [6.07, 6.45) is 0. The number of rotatable bonds is 4. The summed E-state index contributed by atoms with van der Waals surface area (Å²) in [6.45, 7) is 9.46. The molecular weight excluding hydrogens is 799 g/mol. The standard InChI is InChI=1S/C64H45NO/c1-63(2)55-25-13-11-22-48(55)50-32-29-40(36-57(50)63)65(41-30-33-51-49-23-12-14-26-56(49)64(3,4)58(51)37-41)59-27-15-24-52-54-34-38-16-5-6-17-42(38)60(62(54)66-61(52)59)39-28-31-47-45-20-8-7-18-43(45)44-19-9-10-21-46(44)53(47)35-39/h5-37H,1-4H3. The first-order valence-electron chi connectivity index (χ1n) is 23.3. The van der Waals surface area contributed by atoms with Crippen molar-refractivity contribution >= 4 is 82.1 Å². The summed E-state index contributed by atoms with van der Waals surface area (Å²) in [5.41, 5.74) is 17.6. The number of nitrogens with zero attached hydrogens (tertiary/aromatic N) is 1. The molecule has 12 aromatic rings. The fraction of sp³-hybridized carbons (Fsp3) is 0.0938. The molecule has 1 aromatic heterocycles. The molecule has 0 unspecified atom stereocenters. The second-order valence-corrected chi connectivity index (χ2v) is 19.6. The van der Waals surface area contributed by atoms with Gasteiger partial charge in [-0.25, -0.2) is 0 Å². The van der Waals surface area contributed by atoms with E-state index in [1.807, 2.05) is 0 Å². The van der Waals surface area contributed by atoms with Crippen LogP contribution in [0.1, 0.15) is 49.9 Å². The molecule has 2 aliphatic carbocycles. The van der Waals surface area contributed by atoms with Crippen molar-refractivity contribution in [2.75, 3.05) is 4.90 Å². The Labute approximate surface area is 384 Å². The lowest BCUT2D eigenvalue weighted by molar-refractivity contribution is 0.659. The molecular formula is C64H45NO. The molecule has 0 N–H and O–H groups in total. The van der Waals surface area contributed by atoms with Crippen molar-refractivity contribution in [2.45, 2.75) is 38.5 Å². The highest BCUT2D eigenvalue weighted by atomic mass is 16.3. The van der Waals surface area contributed by atoms with E-state index in [-0.39, 0.29) is 10.8 Å². The van der Waals surface area contributed by atoms with Gasteiger partial charge in [-0.2, -0.15) is 0 Å². The van der Waals surface area contributed by atoms with Crippen LogP contribution in [0.3, 0.4) is 0 Å². The minimum Gasteiger partial charge on any atom is -0.453 e. The van der Waals surface area contributed by atoms with Gasteiger partial charge in [0.05, 0.1) is 5.69 Å². The summed E-state index contributed by atoms with van der Waals surface area (Å²) in [6, 6.07) is 74.5. The zero-order chi connectivity index (χ0) is 44.1. The fourth-order valence-electron chi connectivity index (χ4n) is 12.2. The quantitative estimate of drug-likeness (QED) is 0.164. The minimum absolute atomic E-state index is 0.160. The number of anilines is 3. The number of para-hydroxylation sites is 1. The van der Waals surface area contributed by atoms with Crippen molar-refractivity contribution in [3.05, 3.63) is 222 Å². The molecule has 2 heteroatoms. The molecule has 11 aromatic carbocycles. The van der Waals surface area contributed by atoms with Gasteiger partial charge in [0.2, 0.25) is 0 Å². The Bertz CT molecular complexity index is 3930. The molecule has 0 fully saturated rings. The van der Waals surface area contributed by atoms with Crippen molar-refractivity contribution in [2.24, 2.45) is 0 Å². The van der Waals surface area contributed by atoms with Crippen molar-refractivity contribution < 1.29 is 4.42 Å². The minimum atomic E-state index is -0.160. The average molecular weight is 844 g/mol. The van der Waals surface area contributed by atoms with E-state index in [2.05, 4.69) is 233 Å². The van der Waals surface area contributed by atoms with E-state index >= 15 is 0 Å². The van der Waals surface area contributed by atoms with E-state index in [1.165, 1.54) is 87.6 Å². The molecule has 0 saturated carbocycles. The maximum absolute atomic E-state index is 7.50. The maximum atomic E-state index is 7.50. The van der Waals surface area contributed by atoms with Crippen LogP contribution in [0.2, 0.25) is 0 Å². The van der Waals surface area contributed by atoms with Gasteiger partial charge in [-0.15, -0.1) is 0 Å². The largest absolute Gasteiger partial charge is 0.453 e. The highest BCUT2D eigenvalue weighted by molar-refractivity contribution is 6.27. The van der Waals surface area contributed by atoms with Crippen LogP contribution in [0.15, 0.2) is 205 Å². The molecule has 0 aliphatic heterocycles. The molecule has 66 heavy (non-hydrogen) atoms. The second kappa shape index (κ2) is 13.3. The lowest BCUT2D eigenvalue weighted by atomic mass is 9.82. The van der Waals surface area contributed by atoms with Crippen LogP contribution in [-0.4, -0.2) is 0 Å². The third kappa shape index (κ3) is 5.02. The monoisotopic (exact) mass is 843 g/mol. The number of furan rings is 1. The Kier molecular flexibility index (Phi) is 7.55. The molecule has 1 heterocycles. The van der Waals surface area contributed by atoms with Crippen LogP contribution in [-0.2, 0) is 10.8 Å². The maximum Gasteiger partial charge on any atom is 0.159 e. The Morgan fingerprint density at radius 3 is 1.42 bits per heavy atom. The van der Waals surface area contributed by atoms with E-state index < -0.39 is 0 Å². The van der Waals surface area contributed by atoms with E-state index in [9.17, 15) is 0 Å². The van der Waals surface area contributed by atoms with Crippen molar-refractivity contribution in [1.29, 1.82) is 0 Å². The first-order valence-corrected chi connectivity index (χ1v) is 23.3. The molecule has 0 atom stereocenters. The van der Waals surface area contributed by atoms with Gasteiger partial charge in [-0.1, -0.05) is 185 Å². The summed E-state index contributed by atoms with van der Waals surface area (Å²) in [5.74, 6) is 0. The summed E-state index contributed by atoms with van der Waals surface area (Å²) in [4.78, 5) is 2.45. The molecule has 312 valence electrons. The van der Waals surface area contributed by atoms with E-state index in [0.717, 1.165) is 50.1 Å². The Morgan fingerprint density at radius 1 is 0.333 bits per heavy atom. The SMILES string of the molecule is CC1(C)c2ccccc2-c2ccc(N(c3ccc4c(c3)C(C)(C)c3ccccc3-4)c3cccc4c3oc3c(-c5ccc6c7ccccc7c7ccccc7c6c5)c5ccccc5cc34)cc21. The van der Waals surface area contributed by atoms with Gasteiger partial charge in [-0.05, 0) is 136 Å². The predicted molar refractivity (Wildman–Crippen MR) is 279 cm³/mol. The van der Waals surface area contributed by atoms with Gasteiger partial charge < -0.3 is 9.32 Å². The number of fused-ring (bicyclic) bond motifs is 16. The zero-order valence-corrected chi connectivity index (χ0v) is 37.4. The molecule has 0 spiro atoms. The van der Waals surface area contributed by atoms with Gasteiger partial charge in [0, 0.05) is 38.5 Å². The summed E-state index contributed by atoms with van der Waals surface area (Å²) in [7, 11) is 0. The number of benzene rings is 11. The van der Waals surface area contributed by atoms with Crippen LogP contribution in [0.4, 0.5) is 17.1 Å². The van der Waals surface area contributed by atoms with Crippen LogP contribution >= 0.6 is 0 Å². The zero-order valence-electron chi connectivity index (χ0n) is 37.4. The second-order valence-electron chi connectivity index (χ2n) is 19.6. The lowest BCUT2D eigenvalue weighted by Crippen LogP contribution is -2.18. The van der Waals surface area contributed by atoms with Crippen LogP contribution in [0.25, 0.3) is 98.4 Å². The van der Waals surface area contributed by atoms with E-state index in [1.54, 1.807) is 0 Å². The summed E-state index contributed by atoms with van der Waals surface area (Å²) in [5, 5.41) is 12.2. The topological polar surface area (TPSA) is 16.4 Å². The van der Waals surface area contributed by atoms with Gasteiger partial charge in [0.15, 0.2) is 5.58 Å². The van der Waals surface area contributed by atoms with Crippen molar-refractivity contribution in [3.63, 3.8) is 0 Å². The first kappa shape index (κ1) is 37.4. The van der Waals surface area contributed by atoms with E-state index in [4.69, 9.17) is 4.42 Å². The third-order valence-electron chi connectivity index (χ3n) is 15.4. The molecule has 0 bridgehead atoms. The fourth-order valence-corrected chi connectivity index (χ4v) is 12.2. The Hall–Kier alpha value is -7.94. The van der Waals surface area contributed by atoms with Crippen molar-refractivity contribution in [1.82, 2.24) is 0 Å². The summed E-state index contributed by atoms with van der Waals surface area (Å²) < 4.78 is 7.50. The number of hydrogen-bond donors (Lipinski definition) is 0. The van der Waals surface area contributed by atoms with Crippen LogP contribution < -0.4 is 4.90 Å². The van der Waals surface area contributed by atoms with Crippen LogP contribution in [0.5, 0.6) is 0 Å². The Balaban J connectivity index is 1.04. The van der Waals surface area contributed by atoms with Gasteiger partial charge in [0.25, 0.3) is 0 Å². The third-order valence-corrected chi connectivity index (χ3v) is 15.4.